The molecule has 1 aromatic heterocycles. The number of hydrogen-bond acceptors (Lipinski definition) is 7. The lowest BCUT2D eigenvalue weighted by atomic mass is 9.89. The number of alkyl carbamates (subject to hydrolysis) is 1. The normalized spacial score (nSPS) is 11.2. The molecule has 0 fully saturated rings. The fourth-order valence-electron chi connectivity index (χ4n) is 4.35. The molecule has 8 nitrogen and oxygen atoms in total. The molecule has 0 aliphatic carbocycles. The van der Waals surface area contributed by atoms with Crippen LogP contribution >= 0.6 is 0 Å². The molecule has 3 rings (SSSR count). The van der Waals surface area contributed by atoms with Gasteiger partial charge in [-0.3, -0.25) is 9.78 Å². The Balaban J connectivity index is 2.04. The third-order valence-electron chi connectivity index (χ3n) is 6.07. The van der Waals surface area contributed by atoms with Crippen LogP contribution in [-0.2, 0) is 33.8 Å². The lowest BCUT2D eigenvalue weighted by molar-refractivity contribution is -0.131. The molecule has 0 radical (unpaired) electrons. The van der Waals surface area contributed by atoms with E-state index in [2.05, 4.69) is 19.2 Å². The molecule has 8 heteroatoms. The lowest BCUT2D eigenvalue weighted by Gasteiger charge is -2.23. The zero-order valence-corrected chi connectivity index (χ0v) is 25.2. The molecular formula is C33H40N2O6. The smallest absolute Gasteiger partial charge is 0.407 e. The Morgan fingerprint density at radius 2 is 1.59 bits per heavy atom. The van der Waals surface area contributed by atoms with Gasteiger partial charge < -0.3 is 19.5 Å². The summed E-state index contributed by atoms with van der Waals surface area (Å²) < 4.78 is 16.3. The highest BCUT2D eigenvalue weighted by Gasteiger charge is 2.26. The zero-order chi connectivity index (χ0) is 30.3. The molecule has 1 heterocycles. The number of amides is 1. The van der Waals surface area contributed by atoms with Gasteiger partial charge in [-0.1, -0.05) is 55.8 Å². The molecule has 0 unspecified atom stereocenters. The molecule has 0 atom stereocenters. The average Bonchev–Trinajstić information content (AvgIpc) is 2.86. The van der Waals surface area contributed by atoms with Crippen molar-refractivity contribution in [2.75, 3.05) is 0 Å². The summed E-state index contributed by atoms with van der Waals surface area (Å²) in [4.78, 5) is 42.3. The fourth-order valence-corrected chi connectivity index (χ4v) is 4.35. The third-order valence-corrected chi connectivity index (χ3v) is 6.07. The van der Waals surface area contributed by atoms with E-state index in [1.165, 1.54) is 6.92 Å². The van der Waals surface area contributed by atoms with Crippen LogP contribution in [0.2, 0.25) is 0 Å². The first-order valence-corrected chi connectivity index (χ1v) is 13.7. The van der Waals surface area contributed by atoms with E-state index in [0.717, 1.165) is 27.9 Å². The largest absolute Gasteiger partial charge is 0.457 e. The lowest BCUT2D eigenvalue weighted by Crippen LogP contribution is -2.32. The van der Waals surface area contributed by atoms with Crippen molar-refractivity contribution in [3.8, 4) is 16.9 Å². The third kappa shape index (κ3) is 9.17. The molecule has 0 aliphatic rings. The van der Waals surface area contributed by atoms with E-state index in [0.29, 0.717) is 34.9 Å². The van der Waals surface area contributed by atoms with E-state index in [-0.39, 0.29) is 13.2 Å². The number of nitrogens with zero attached hydrogens (tertiary/aromatic N) is 1. The van der Waals surface area contributed by atoms with Crippen molar-refractivity contribution in [1.82, 2.24) is 10.3 Å². The van der Waals surface area contributed by atoms with Crippen molar-refractivity contribution >= 4 is 18.0 Å². The summed E-state index contributed by atoms with van der Waals surface area (Å²) in [7, 11) is 0. The number of aryl methyl sites for hydroxylation is 2. The molecule has 0 aliphatic heterocycles. The second kappa shape index (κ2) is 13.4. The number of ether oxygens (including phenoxy) is 3. The van der Waals surface area contributed by atoms with Crippen molar-refractivity contribution in [3.63, 3.8) is 0 Å². The Morgan fingerprint density at radius 1 is 0.951 bits per heavy atom. The molecular weight excluding hydrogens is 520 g/mol. The summed E-state index contributed by atoms with van der Waals surface area (Å²) in [5.41, 5.74) is 5.12. The number of pyridine rings is 1. The summed E-state index contributed by atoms with van der Waals surface area (Å²) >= 11 is 0. The quantitative estimate of drug-likeness (QED) is 0.225. The van der Waals surface area contributed by atoms with Crippen LogP contribution in [0, 0.1) is 19.8 Å². The van der Waals surface area contributed by atoms with Crippen LogP contribution in [0.4, 0.5) is 4.79 Å². The van der Waals surface area contributed by atoms with Gasteiger partial charge in [0.05, 0.1) is 11.3 Å². The van der Waals surface area contributed by atoms with Gasteiger partial charge in [0, 0.05) is 30.3 Å². The maximum absolute atomic E-state index is 13.7. The van der Waals surface area contributed by atoms with Crippen molar-refractivity contribution in [1.29, 1.82) is 0 Å². The Kier molecular flexibility index (Phi) is 10.3. The Hall–Kier alpha value is -4.20. The van der Waals surface area contributed by atoms with Crippen LogP contribution in [0.25, 0.3) is 11.1 Å². The topological polar surface area (TPSA) is 104 Å². The molecule has 3 aromatic rings. The Labute approximate surface area is 242 Å². The summed E-state index contributed by atoms with van der Waals surface area (Å²) in [5, 5.41) is 2.86. The molecule has 1 N–H and O–H groups in total. The first-order valence-electron chi connectivity index (χ1n) is 13.7. The van der Waals surface area contributed by atoms with Crippen molar-refractivity contribution in [2.24, 2.45) is 5.92 Å². The van der Waals surface area contributed by atoms with E-state index >= 15 is 0 Å². The first kappa shape index (κ1) is 31.3. The van der Waals surface area contributed by atoms with Gasteiger partial charge in [0.25, 0.3) is 0 Å². The predicted octanol–water partition coefficient (Wildman–Crippen LogP) is 6.87. The van der Waals surface area contributed by atoms with Crippen molar-refractivity contribution in [3.05, 3.63) is 82.2 Å². The number of carbonyl (C=O) groups is 3. The summed E-state index contributed by atoms with van der Waals surface area (Å²) in [6.45, 7) is 14.9. The monoisotopic (exact) mass is 560 g/mol. The second-order valence-corrected chi connectivity index (χ2v) is 11.5. The average molecular weight is 561 g/mol. The molecule has 0 saturated heterocycles. The van der Waals surface area contributed by atoms with Gasteiger partial charge in [-0.05, 0) is 70.2 Å². The van der Waals surface area contributed by atoms with E-state index in [1.54, 1.807) is 52.0 Å². The van der Waals surface area contributed by atoms with Gasteiger partial charge in [-0.15, -0.1) is 0 Å². The first-order chi connectivity index (χ1) is 19.2. The van der Waals surface area contributed by atoms with Crippen molar-refractivity contribution in [2.45, 2.75) is 80.6 Å². The van der Waals surface area contributed by atoms with Gasteiger partial charge in [0.2, 0.25) is 0 Å². The Morgan fingerprint density at radius 3 is 2.15 bits per heavy atom. The molecule has 41 heavy (non-hydrogen) atoms. The predicted molar refractivity (Wildman–Crippen MR) is 158 cm³/mol. The highest BCUT2D eigenvalue weighted by molar-refractivity contribution is 5.99. The molecule has 0 bridgehead atoms. The minimum Gasteiger partial charge on any atom is -0.457 e. The molecule has 0 spiro atoms. The van der Waals surface area contributed by atoms with Crippen LogP contribution < -0.4 is 10.1 Å². The van der Waals surface area contributed by atoms with Gasteiger partial charge in [0.15, 0.2) is 0 Å². The van der Waals surface area contributed by atoms with Crippen LogP contribution in [0.15, 0.2) is 48.5 Å². The van der Waals surface area contributed by atoms with Gasteiger partial charge in [-0.25, -0.2) is 9.59 Å². The van der Waals surface area contributed by atoms with E-state index in [4.69, 9.17) is 19.2 Å². The van der Waals surface area contributed by atoms with E-state index in [1.807, 2.05) is 31.2 Å². The number of rotatable bonds is 9. The molecule has 218 valence electrons. The summed E-state index contributed by atoms with van der Waals surface area (Å²) in [5.74, 6) is -0.226. The second-order valence-electron chi connectivity index (χ2n) is 11.5. The maximum Gasteiger partial charge on any atom is 0.407 e. The molecule has 1 amide bonds. The van der Waals surface area contributed by atoms with Gasteiger partial charge >= 0.3 is 18.0 Å². The Bertz CT molecular complexity index is 1390. The highest BCUT2D eigenvalue weighted by Crippen LogP contribution is 2.33. The van der Waals surface area contributed by atoms with Crippen LogP contribution in [0.1, 0.15) is 80.0 Å². The minimum atomic E-state index is -0.651. The molecule has 0 saturated carbocycles. The maximum atomic E-state index is 13.7. The number of benzene rings is 2. The van der Waals surface area contributed by atoms with Crippen LogP contribution in [0.3, 0.4) is 0 Å². The van der Waals surface area contributed by atoms with Crippen LogP contribution in [-0.4, -0.2) is 28.6 Å². The minimum absolute atomic E-state index is 0.0190. The SMILES string of the molecule is CC(=O)Oc1ccc(COC(=O)c2c(C)nc(CC(C)C)c(CNC(=O)OC(C)(C)C)c2-c2ccc(C)cc2)cc1. The van der Waals surface area contributed by atoms with Crippen LogP contribution in [0.5, 0.6) is 5.75 Å². The molecule has 2 aromatic carbocycles. The number of aromatic nitrogens is 1. The summed E-state index contributed by atoms with van der Waals surface area (Å²) in [6.07, 6.45) is 0.111. The number of nitrogens with one attached hydrogen (secondary N) is 1. The fraction of sp³-hybridized carbons (Fsp3) is 0.394. The number of hydrogen-bond donors (Lipinski definition) is 1. The zero-order valence-electron chi connectivity index (χ0n) is 25.2. The summed E-state index contributed by atoms with van der Waals surface area (Å²) in [6, 6.07) is 14.7. The number of esters is 2. The van der Waals surface area contributed by atoms with Gasteiger partial charge in [0.1, 0.15) is 18.0 Å². The number of carbonyl (C=O) groups excluding carboxylic acids is 3. The van der Waals surface area contributed by atoms with E-state index in [9.17, 15) is 14.4 Å². The van der Waals surface area contributed by atoms with Gasteiger partial charge in [-0.2, -0.15) is 0 Å². The highest BCUT2D eigenvalue weighted by atomic mass is 16.6. The van der Waals surface area contributed by atoms with Crippen molar-refractivity contribution < 1.29 is 28.6 Å². The standard InChI is InChI=1S/C33H40N2O6/c1-20(2)17-28-27(18-34-32(38)41-33(6,7)8)30(25-13-9-21(3)10-14-25)29(22(4)35-28)31(37)39-19-24-11-15-26(16-12-24)40-23(5)36/h9-16,20H,17-19H2,1-8H3,(H,34,38). The van der Waals surface area contributed by atoms with E-state index < -0.39 is 23.6 Å².